The fourth-order valence-electron chi connectivity index (χ4n) is 2.21. The Morgan fingerprint density at radius 2 is 1.87 bits per heavy atom. The molecule has 0 saturated carbocycles. The number of nitrogens with one attached hydrogen (secondary N) is 1. The predicted molar refractivity (Wildman–Crippen MR) is 85.8 cm³/mol. The van der Waals surface area contributed by atoms with Crippen molar-refractivity contribution in [1.82, 2.24) is 5.32 Å². The molecule has 0 fully saturated rings. The van der Waals surface area contributed by atoms with Crippen LogP contribution in [-0.2, 0) is 6.54 Å². The molecule has 2 rings (SSSR count). The summed E-state index contributed by atoms with van der Waals surface area (Å²) in [6.45, 7) is 2.41. The van der Waals surface area contributed by atoms with Crippen molar-refractivity contribution in [3.8, 4) is 5.75 Å². The number of aliphatic hydroxyl groups is 1. The van der Waals surface area contributed by atoms with Crippen LogP contribution in [0.1, 0.15) is 22.8 Å². The molecule has 0 aliphatic heterocycles. The SMILES string of the molecule is Cc1cccc(C(O)CNCc2ccc(OCC(F)F)cc2)c1. The smallest absolute Gasteiger partial charge is 0.272 e. The molecule has 1 atom stereocenters. The number of ether oxygens (including phenoxy) is 1. The Balaban J connectivity index is 1.77. The van der Waals surface area contributed by atoms with E-state index in [1.54, 1.807) is 12.1 Å². The van der Waals surface area contributed by atoms with E-state index in [9.17, 15) is 13.9 Å². The van der Waals surface area contributed by atoms with Gasteiger partial charge in [-0.25, -0.2) is 8.78 Å². The van der Waals surface area contributed by atoms with Crippen molar-refractivity contribution in [1.29, 1.82) is 0 Å². The van der Waals surface area contributed by atoms with Crippen LogP contribution in [0.2, 0.25) is 0 Å². The minimum absolute atomic E-state index is 0.425. The first-order chi connectivity index (χ1) is 11.0. The number of rotatable bonds is 8. The first kappa shape index (κ1) is 17.4. The molecule has 0 spiro atoms. The summed E-state index contributed by atoms with van der Waals surface area (Å²) in [7, 11) is 0. The van der Waals surface area contributed by atoms with Crippen molar-refractivity contribution in [2.24, 2.45) is 0 Å². The fourth-order valence-corrected chi connectivity index (χ4v) is 2.21. The second-order valence-corrected chi connectivity index (χ2v) is 5.41. The average Bonchev–Trinajstić information content (AvgIpc) is 2.54. The van der Waals surface area contributed by atoms with Gasteiger partial charge in [0.1, 0.15) is 12.4 Å². The maximum absolute atomic E-state index is 12.0. The number of halogens is 2. The zero-order chi connectivity index (χ0) is 16.7. The van der Waals surface area contributed by atoms with E-state index in [4.69, 9.17) is 4.74 Å². The number of alkyl halides is 2. The summed E-state index contributed by atoms with van der Waals surface area (Å²) < 4.78 is 29.0. The van der Waals surface area contributed by atoms with Crippen LogP contribution in [0.15, 0.2) is 48.5 Å². The van der Waals surface area contributed by atoms with E-state index < -0.39 is 19.1 Å². The summed E-state index contributed by atoms with van der Waals surface area (Å²) >= 11 is 0. The van der Waals surface area contributed by atoms with Gasteiger partial charge in [-0.3, -0.25) is 0 Å². The van der Waals surface area contributed by atoms with E-state index in [2.05, 4.69) is 5.32 Å². The second kappa shape index (κ2) is 8.60. The zero-order valence-electron chi connectivity index (χ0n) is 13.0. The third-order valence-corrected chi connectivity index (χ3v) is 3.39. The molecule has 0 aromatic heterocycles. The van der Waals surface area contributed by atoms with Crippen LogP contribution in [0.25, 0.3) is 0 Å². The van der Waals surface area contributed by atoms with Gasteiger partial charge >= 0.3 is 0 Å². The molecule has 0 radical (unpaired) electrons. The zero-order valence-corrected chi connectivity index (χ0v) is 13.0. The lowest BCUT2D eigenvalue weighted by atomic mass is 10.1. The van der Waals surface area contributed by atoms with Gasteiger partial charge in [-0.15, -0.1) is 0 Å². The summed E-state index contributed by atoms with van der Waals surface area (Å²) in [5.74, 6) is 0.425. The van der Waals surface area contributed by atoms with Crippen LogP contribution >= 0.6 is 0 Å². The number of hydrogen-bond donors (Lipinski definition) is 2. The number of aryl methyl sites for hydroxylation is 1. The highest BCUT2D eigenvalue weighted by Gasteiger charge is 2.07. The Labute approximate surface area is 134 Å². The van der Waals surface area contributed by atoms with Crippen molar-refractivity contribution in [3.05, 3.63) is 65.2 Å². The van der Waals surface area contributed by atoms with Crippen LogP contribution in [0.3, 0.4) is 0 Å². The standard InChI is InChI=1S/C18H21F2NO2/c1-13-3-2-4-15(9-13)17(22)11-21-10-14-5-7-16(8-6-14)23-12-18(19)20/h2-9,17-18,21-22H,10-12H2,1H3. The molecule has 0 amide bonds. The van der Waals surface area contributed by atoms with Crippen LogP contribution < -0.4 is 10.1 Å². The summed E-state index contributed by atoms with van der Waals surface area (Å²) in [5, 5.41) is 13.3. The molecule has 124 valence electrons. The average molecular weight is 321 g/mol. The van der Waals surface area contributed by atoms with Gasteiger partial charge in [0, 0.05) is 13.1 Å². The highest BCUT2D eigenvalue weighted by atomic mass is 19.3. The van der Waals surface area contributed by atoms with Gasteiger partial charge in [0.05, 0.1) is 6.10 Å². The van der Waals surface area contributed by atoms with Gasteiger partial charge in [-0.05, 0) is 30.2 Å². The molecule has 3 nitrogen and oxygen atoms in total. The molecule has 1 unspecified atom stereocenters. The molecule has 5 heteroatoms. The van der Waals surface area contributed by atoms with Crippen LogP contribution in [0.5, 0.6) is 5.75 Å². The molecular weight excluding hydrogens is 300 g/mol. The van der Waals surface area contributed by atoms with E-state index in [0.29, 0.717) is 18.8 Å². The molecule has 0 aliphatic rings. The summed E-state index contributed by atoms with van der Waals surface area (Å²) in [4.78, 5) is 0. The van der Waals surface area contributed by atoms with E-state index in [1.165, 1.54) is 0 Å². The summed E-state index contributed by atoms with van der Waals surface area (Å²) in [6, 6.07) is 14.7. The number of aliphatic hydroxyl groups excluding tert-OH is 1. The second-order valence-electron chi connectivity index (χ2n) is 5.41. The van der Waals surface area contributed by atoms with Crippen molar-refractivity contribution in [2.75, 3.05) is 13.2 Å². The van der Waals surface area contributed by atoms with E-state index >= 15 is 0 Å². The van der Waals surface area contributed by atoms with Gasteiger partial charge in [-0.1, -0.05) is 42.0 Å². The third kappa shape index (κ3) is 5.96. The molecule has 2 N–H and O–H groups in total. The predicted octanol–water partition coefficient (Wildman–Crippen LogP) is 3.46. The minimum atomic E-state index is -2.47. The Morgan fingerprint density at radius 3 is 2.52 bits per heavy atom. The molecule has 0 bridgehead atoms. The lowest BCUT2D eigenvalue weighted by Gasteiger charge is -2.13. The minimum Gasteiger partial charge on any atom is -0.488 e. The Bertz CT molecular complexity index is 602. The van der Waals surface area contributed by atoms with Crippen molar-refractivity contribution >= 4 is 0 Å². The Morgan fingerprint density at radius 1 is 1.13 bits per heavy atom. The lowest BCUT2D eigenvalue weighted by molar-refractivity contribution is 0.0819. The fraction of sp³-hybridized carbons (Fsp3) is 0.333. The lowest BCUT2D eigenvalue weighted by Crippen LogP contribution is -2.21. The summed E-state index contributed by atoms with van der Waals surface area (Å²) in [5.41, 5.74) is 2.99. The van der Waals surface area contributed by atoms with Gasteiger partial charge in [0.25, 0.3) is 6.43 Å². The maximum Gasteiger partial charge on any atom is 0.272 e. The molecule has 2 aromatic rings. The maximum atomic E-state index is 12.0. The van der Waals surface area contributed by atoms with Crippen molar-refractivity contribution in [2.45, 2.75) is 26.0 Å². The molecule has 0 heterocycles. The monoisotopic (exact) mass is 321 g/mol. The quantitative estimate of drug-likeness (QED) is 0.782. The Kier molecular flexibility index (Phi) is 6.50. The molecule has 0 aliphatic carbocycles. The number of hydrogen-bond acceptors (Lipinski definition) is 3. The third-order valence-electron chi connectivity index (χ3n) is 3.39. The van der Waals surface area contributed by atoms with Gasteiger partial charge in [0.15, 0.2) is 0 Å². The molecule has 0 saturated heterocycles. The molecular formula is C18H21F2NO2. The highest BCUT2D eigenvalue weighted by molar-refractivity contribution is 5.27. The van der Waals surface area contributed by atoms with Crippen LogP contribution in [-0.4, -0.2) is 24.7 Å². The summed E-state index contributed by atoms with van der Waals surface area (Å²) in [6.07, 6.45) is -3.04. The van der Waals surface area contributed by atoms with Gasteiger partial charge in [-0.2, -0.15) is 0 Å². The first-order valence-electron chi connectivity index (χ1n) is 7.50. The topological polar surface area (TPSA) is 41.5 Å². The number of benzene rings is 2. The van der Waals surface area contributed by atoms with E-state index in [-0.39, 0.29) is 0 Å². The van der Waals surface area contributed by atoms with Gasteiger partial charge < -0.3 is 15.2 Å². The van der Waals surface area contributed by atoms with Gasteiger partial charge in [0.2, 0.25) is 0 Å². The molecule has 2 aromatic carbocycles. The van der Waals surface area contributed by atoms with Crippen LogP contribution in [0, 0.1) is 6.92 Å². The first-order valence-corrected chi connectivity index (χ1v) is 7.50. The highest BCUT2D eigenvalue weighted by Crippen LogP contribution is 2.15. The molecule has 23 heavy (non-hydrogen) atoms. The van der Waals surface area contributed by atoms with Crippen LogP contribution in [0.4, 0.5) is 8.78 Å². The van der Waals surface area contributed by atoms with E-state index in [1.807, 2.05) is 43.3 Å². The van der Waals surface area contributed by atoms with E-state index in [0.717, 1.165) is 16.7 Å². The normalized spacial score (nSPS) is 12.4. The Hall–Kier alpha value is -1.98. The van der Waals surface area contributed by atoms with Crippen molar-refractivity contribution in [3.63, 3.8) is 0 Å². The largest absolute Gasteiger partial charge is 0.488 e. The van der Waals surface area contributed by atoms with Crippen molar-refractivity contribution < 1.29 is 18.6 Å².